The molecule has 1 atom stereocenters. The minimum Gasteiger partial charge on any atom is -0.351 e. The maximum atomic E-state index is 13.6. The zero-order chi connectivity index (χ0) is 20.9. The zero-order valence-corrected chi connectivity index (χ0v) is 17.6. The van der Waals surface area contributed by atoms with Crippen LogP contribution in [0.5, 0.6) is 0 Å². The quantitative estimate of drug-likeness (QED) is 0.645. The van der Waals surface area contributed by atoms with Crippen molar-refractivity contribution in [1.82, 2.24) is 14.9 Å². The van der Waals surface area contributed by atoms with Gasteiger partial charge in [-0.2, -0.15) is 0 Å². The van der Waals surface area contributed by atoms with E-state index in [1.807, 2.05) is 61.5 Å². The number of para-hydroxylation sites is 1. The number of hydrogen-bond acceptors (Lipinski definition) is 5. The molecule has 1 N–H and O–H groups in total. The lowest BCUT2D eigenvalue weighted by atomic mass is 10.0. The molecule has 0 saturated heterocycles. The van der Waals surface area contributed by atoms with Gasteiger partial charge >= 0.3 is 0 Å². The molecule has 2 aromatic carbocycles. The highest BCUT2D eigenvalue weighted by atomic mass is 32.1. The normalized spacial score (nSPS) is 15.0. The second-order valence-corrected chi connectivity index (χ2v) is 8.16. The molecule has 0 radical (unpaired) electrons. The van der Waals surface area contributed by atoms with Crippen LogP contribution in [0.3, 0.4) is 0 Å². The first-order valence-corrected chi connectivity index (χ1v) is 11.0. The second kappa shape index (κ2) is 9.17. The molecule has 7 heteroatoms. The lowest BCUT2D eigenvalue weighted by molar-refractivity contribution is -0.123. The first-order chi connectivity index (χ1) is 14.6. The largest absolute Gasteiger partial charge is 0.351 e. The zero-order valence-electron chi connectivity index (χ0n) is 16.8. The van der Waals surface area contributed by atoms with E-state index in [4.69, 9.17) is 0 Å². The number of carbonyl (C=O) groups is 2. The number of nitrogens with zero attached hydrogens (tertiary/aromatic N) is 3. The van der Waals surface area contributed by atoms with Gasteiger partial charge < -0.3 is 5.32 Å². The Morgan fingerprint density at radius 3 is 2.43 bits per heavy atom. The Bertz CT molecular complexity index is 1000. The Hall–Kier alpha value is -3.06. The molecule has 1 aromatic heterocycles. The second-order valence-electron chi connectivity index (χ2n) is 7.55. The Kier molecular flexibility index (Phi) is 6.18. The van der Waals surface area contributed by atoms with Crippen molar-refractivity contribution in [3.8, 4) is 0 Å². The molecule has 0 unspecified atom stereocenters. The van der Waals surface area contributed by atoms with Gasteiger partial charge in [0.05, 0.1) is 0 Å². The van der Waals surface area contributed by atoms with Crippen molar-refractivity contribution in [2.24, 2.45) is 0 Å². The first-order valence-electron chi connectivity index (χ1n) is 10.2. The predicted octanol–water partition coefficient (Wildman–Crippen LogP) is 4.29. The van der Waals surface area contributed by atoms with Crippen LogP contribution in [0.15, 0.2) is 60.0 Å². The average Bonchev–Trinajstić information content (AvgIpc) is 3.47. The number of aromatic nitrogens is 2. The van der Waals surface area contributed by atoms with E-state index >= 15 is 0 Å². The maximum Gasteiger partial charge on any atom is 0.280 e. The van der Waals surface area contributed by atoms with Gasteiger partial charge in [-0.1, -0.05) is 65.9 Å². The van der Waals surface area contributed by atoms with E-state index in [-0.39, 0.29) is 23.6 Å². The fourth-order valence-electron chi connectivity index (χ4n) is 3.98. The third-order valence-corrected chi connectivity index (χ3v) is 6.00. The van der Waals surface area contributed by atoms with Crippen molar-refractivity contribution in [3.05, 3.63) is 76.8 Å². The molecule has 1 aliphatic carbocycles. The van der Waals surface area contributed by atoms with Gasteiger partial charge in [-0.15, -0.1) is 5.10 Å². The van der Waals surface area contributed by atoms with Crippen LogP contribution in [0.1, 0.15) is 53.3 Å². The molecule has 1 aliphatic rings. The van der Waals surface area contributed by atoms with Gasteiger partial charge in [0.1, 0.15) is 6.04 Å². The summed E-state index contributed by atoms with van der Waals surface area (Å²) in [6, 6.07) is 16.4. The molecule has 4 rings (SSSR count). The molecule has 0 spiro atoms. The summed E-state index contributed by atoms with van der Waals surface area (Å²) in [4.78, 5) is 28.7. The lowest BCUT2D eigenvalue weighted by Gasteiger charge is -2.32. The number of aryl methyl sites for hydroxylation is 1. The van der Waals surface area contributed by atoms with Gasteiger partial charge in [0, 0.05) is 17.1 Å². The van der Waals surface area contributed by atoms with Crippen molar-refractivity contribution in [2.45, 2.75) is 44.7 Å². The van der Waals surface area contributed by atoms with Gasteiger partial charge in [-0.3, -0.25) is 14.5 Å². The monoisotopic (exact) mass is 420 g/mol. The van der Waals surface area contributed by atoms with E-state index in [2.05, 4.69) is 14.9 Å². The number of anilines is 1. The van der Waals surface area contributed by atoms with Gasteiger partial charge in [0.15, 0.2) is 5.69 Å². The summed E-state index contributed by atoms with van der Waals surface area (Å²) in [6.45, 7) is 1.94. The maximum absolute atomic E-state index is 13.6. The highest BCUT2D eigenvalue weighted by Crippen LogP contribution is 2.32. The van der Waals surface area contributed by atoms with Crippen molar-refractivity contribution in [3.63, 3.8) is 0 Å². The summed E-state index contributed by atoms with van der Waals surface area (Å²) in [5.74, 6) is -0.513. The van der Waals surface area contributed by atoms with Crippen LogP contribution in [-0.2, 0) is 4.79 Å². The van der Waals surface area contributed by atoms with E-state index in [0.717, 1.165) is 48.3 Å². The highest BCUT2D eigenvalue weighted by Gasteiger charge is 2.36. The smallest absolute Gasteiger partial charge is 0.280 e. The van der Waals surface area contributed by atoms with Crippen LogP contribution in [0.25, 0.3) is 0 Å². The van der Waals surface area contributed by atoms with E-state index < -0.39 is 6.04 Å². The summed E-state index contributed by atoms with van der Waals surface area (Å²) in [5.41, 5.74) is 2.58. The van der Waals surface area contributed by atoms with E-state index in [1.54, 1.807) is 10.3 Å². The summed E-state index contributed by atoms with van der Waals surface area (Å²) < 4.78 is 3.85. The molecule has 1 fully saturated rings. The summed E-state index contributed by atoms with van der Waals surface area (Å²) in [5, 5.41) is 8.77. The van der Waals surface area contributed by atoms with E-state index in [9.17, 15) is 9.59 Å². The predicted molar refractivity (Wildman–Crippen MR) is 117 cm³/mol. The number of hydrogen-bond donors (Lipinski definition) is 1. The van der Waals surface area contributed by atoms with Gasteiger partial charge in [-0.05, 0) is 48.5 Å². The van der Waals surface area contributed by atoms with Gasteiger partial charge in [-0.25, -0.2) is 0 Å². The third-order valence-electron chi connectivity index (χ3n) is 5.50. The Balaban J connectivity index is 1.80. The standard InChI is InChI=1S/C23H24N4O2S/c1-16-9-5-8-14-20(16)27(23(29)19-15-30-26-25-19)21(17-10-3-2-4-11-17)22(28)24-18-12-6-7-13-18/h2-5,8-11,14-15,18,21H,6-7,12-13H2,1H3,(H,24,28)/t21-/m1/s1. The topological polar surface area (TPSA) is 75.2 Å². The number of carbonyl (C=O) groups excluding carboxylic acids is 2. The number of amides is 2. The summed E-state index contributed by atoms with van der Waals surface area (Å²) >= 11 is 1.12. The van der Waals surface area contributed by atoms with Crippen LogP contribution in [0, 0.1) is 6.92 Å². The Morgan fingerprint density at radius 1 is 1.07 bits per heavy atom. The van der Waals surface area contributed by atoms with E-state index in [1.165, 1.54) is 0 Å². The van der Waals surface area contributed by atoms with Crippen molar-refractivity contribution in [1.29, 1.82) is 0 Å². The number of benzene rings is 2. The highest BCUT2D eigenvalue weighted by molar-refractivity contribution is 7.03. The molecular formula is C23H24N4O2S. The van der Waals surface area contributed by atoms with Crippen LogP contribution < -0.4 is 10.2 Å². The lowest BCUT2D eigenvalue weighted by Crippen LogP contribution is -2.46. The van der Waals surface area contributed by atoms with Crippen LogP contribution in [-0.4, -0.2) is 27.4 Å². The molecule has 1 saturated carbocycles. The molecule has 3 aromatic rings. The fourth-order valence-corrected chi connectivity index (χ4v) is 4.41. The van der Waals surface area contributed by atoms with Crippen LogP contribution in [0.4, 0.5) is 5.69 Å². The number of rotatable bonds is 6. The SMILES string of the molecule is Cc1ccccc1N(C(=O)c1csnn1)[C@@H](C(=O)NC1CCCC1)c1ccccc1. The molecule has 30 heavy (non-hydrogen) atoms. The molecule has 6 nitrogen and oxygen atoms in total. The van der Waals surface area contributed by atoms with Crippen LogP contribution >= 0.6 is 11.5 Å². The van der Waals surface area contributed by atoms with Gasteiger partial charge in [0.2, 0.25) is 5.91 Å². The van der Waals surface area contributed by atoms with Crippen molar-refractivity contribution >= 4 is 29.0 Å². The average molecular weight is 421 g/mol. The van der Waals surface area contributed by atoms with Crippen molar-refractivity contribution in [2.75, 3.05) is 4.90 Å². The minimum atomic E-state index is -0.804. The van der Waals surface area contributed by atoms with E-state index in [0.29, 0.717) is 5.69 Å². The van der Waals surface area contributed by atoms with Gasteiger partial charge in [0.25, 0.3) is 5.91 Å². The number of nitrogens with one attached hydrogen (secondary N) is 1. The molecule has 2 amide bonds. The summed E-state index contributed by atoms with van der Waals surface area (Å²) in [6.07, 6.45) is 4.18. The summed E-state index contributed by atoms with van der Waals surface area (Å²) in [7, 11) is 0. The fraction of sp³-hybridized carbons (Fsp3) is 0.304. The first kappa shape index (κ1) is 20.2. The Labute approximate surface area is 180 Å². The van der Waals surface area contributed by atoms with Crippen molar-refractivity contribution < 1.29 is 9.59 Å². The third kappa shape index (κ3) is 4.26. The molecule has 1 heterocycles. The Morgan fingerprint density at radius 2 is 1.77 bits per heavy atom. The molecule has 154 valence electrons. The molecular weight excluding hydrogens is 396 g/mol. The molecule has 0 aliphatic heterocycles. The minimum absolute atomic E-state index is 0.151. The molecule has 0 bridgehead atoms. The van der Waals surface area contributed by atoms with Crippen LogP contribution in [0.2, 0.25) is 0 Å².